The summed E-state index contributed by atoms with van der Waals surface area (Å²) in [5.74, 6) is 0.845. The molecule has 5 nitrogen and oxygen atoms in total. The van der Waals surface area contributed by atoms with Crippen LogP contribution in [-0.2, 0) is 6.54 Å². The van der Waals surface area contributed by atoms with Crippen molar-refractivity contribution in [2.24, 2.45) is 0 Å². The molecule has 0 atom stereocenters. The van der Waals surface area contributed by atoms with Gasteiger partial charge in [0.2, 0.25) is 0 Å². The fourth-order valence-electron chi connectivity index (χ4n) is 2.54. The van der Waals surface area contributed by atoms with Gasteiger partial charge >= 0.3 is 0 Å². The summed E-state index contributed by atoms with van der Waals surface area (Å²) in [4.78, 5) is 16.9. The third-order valence-corrected chi connectivity index (χ3v) is 4.91. The second kappa shape index (κ2) is 7.93. The number of nitrogens with one attached hydrogen (secondary N) is 1. The number of carbonyl (C=O) groups excluding carboxylic acids is 1. The van der Waals surface area contributed by atoms with Gasteiger partial charge in [0.25, 0.3) is 5.91 Å². The van der Waals surface area contributed by atoms with Gasteiger partial charge in [-0.05, 0) is 29.8 Å². The highest BCUT2D eigenvalue weighted by Gasteiger charge is 2.15. The van der Waals surface area contributed by atoms with E-state index in [0.29, 0.717) is 22.0 Å². The van der Waals surface area contributed by atoms with E-state index in [4.69, 9.17) is 21.1 Å². The first-order chi connectivity index (χ1) is 12.5. The molecule has 0 fully saturated rings. The molecule has 134 valence electrons. The van der Waals surface area contributed by atoms with Crippen LogP contribution in [0.15, 0.2) is 46.9 Å². The summed E-state index contributed by atoms with van der Waals surface area (Å²) in [7, 11) is 3.13. The Balaban J connectivity index is 1.82. The lowest BCUT2D eigenvalue weighted by atomic mass is 10.2. The Kier molecular flexibility index (Phi) is 5.64. The summed E-state index contributed by atoms with van der Waals surface area (Å²) in [6.07, 6.45) is 0. The second-order valence-corrected chi connectivity index (χ2v) is 6.75. The zero-order valence-electron chi connectivity index (χ0n) is 14.2. The van der Waals surface area contributed by atoms with Gasteiger partial charge in [0.15, 0.2) is 11.5 Å². The predicted molar refractivity (Wildman–Crippen MR) is 105 cm³/mol. The molecule has 1 amide bonds. The van der Waals surface area contributed by atoms with Crippen LogP contribution in [0.3, 0.4) is 0 Å². The van der Waals surface area contributed by atoms with Crippen molar-refractivity contribution in [3.63, 3.8) is 0 Å². The van der Waals surface area contributed by atoms with Gasteiger partial charge < -0.3 is 14.8 Å². The lowest BCUT2D eigenvalue weighted by Crippen LogP contribution is -2.24. The zero-order valence-corrected chi connectivity index (χ0v) is 16.5. The van der Waals surface area contributed by atoms with Crippen molar-refractivity contribution >= 4 is 44.3 Å². The van der Waals surface area contributed by atoms with Crippen LogP contribution in [0.25, 0.3) is 10.9 Å². The summed E-state index contributed by atoms with van der Waals surface area (Å²) >= 11 is 9.71. The van der Waals surface area contributed by atoms with E-state index in [1.54, 1.807) is 32.4 Å². The monoisotopic (exact) mass is 434 g/mol. The van der Waals surface area contributed by atoms with Gasteiger partial charge in [-0.25, -0.2) is 4.98 Å². The van der Waals surface area contributed by atoms with Gasteiger partial charge in [0.1, 0.15) is 5.69 Å². The quantitative estimate of drug-likeness (QED) is 0.636. The Morgan fingerprint density at radius 1 is 1.15 bits per heavy atom. The number of methoxy groups -OCH3 is 2. The maximum Gasteiger partial charge on any atom is 0.271 e. The Labute approximate surface area is 164 Å². The maximum atomic E-state index is 12.5. The van der Waals surface area contributed by atoms with Gasteiger partial charge in [0.05, 0.1) is 24.8 Å². The molecule has 1 N–H and O–H groups in total. The molecular formula is C19H16BrClN2O3. The molecule has 0 unspecified atom stereocenters. The summed E-state index contributed by atoms with van der Waals surface area (Å²) in [5, 5.41) is 4.04. The van der Waals surface area contributed by atoms with Crippen molar-refractivity contribution in [3.05, 3.63) is 63.2 Å². The molecule has 0 radical (unpaired) electrons. The molecular weight excluding hydrogens is 420 g/mol. The molecule has 3 rings (SSSR count). The minimum absolute atomic E-state index is 0.196. The predicted octanol–water partition coefficient (Wildman–Crippen LogP) is 4.60. The van der Waals surface area contributed by atoms with Crippen LogP contribution in [0.1, 0.15) is 16.1 Å². The number of rotatable bonds is 5. The normalized spacial score (nSPS) is 10.6. The number of aromatic nitrogens is 1. The molecule has 3 aromatic rings. The maximum absolute atomic E-state index is 12.5. The first-order valence-electron chi connectivity index (χ1n) is 7.77. The highest BCUT2D eigenvalue weighted by Crippen LogP contribution is 2.33. The van der Waals surface area contributed by atoms with Crippen LogP contribution in [0.5, 0.6) is 11.5 Å². The number of ether oxygens (including phenoxy) is 2. The molecule has 0 aliphatic heterocycles. The van der Waals surface area contributed by atoms with E-state index in [9.17, 15) is 4.79 Å². The van der Waals surface area contributed by atoms with Crippen LogP contribution >= 0.6 is 27.5 Å². The SMILES string of the molecule is COc1cc(Br)c(CNC(=O)c2nc3ccccc3cc2Cl)cc1OC. The molecule has 1 aromatic heterocycles. The standard InChI is InChI=1S/C19H16BrClN2O3/c1-25-16-8-12(13(20)9-17(16)26-2)10-22-19(24)18-14(21)7-11-5-3-4-6-15(11)23-18/h3-9H,10H2,1-2H3,(H,22,24). The van der Waals surface area contributed by atoms with Crippen LogP contribution in [0.4, 0.5) is 0 Å². The average Bonchev–Trinajstić information content (AvgIpc) is 2.65. The van der Waals surface area contributed by atoms with Crippen molar-refractivity contribution in [1.82, 2.24) is 10.3 Å². The Bertz CT molecular complexity index is 978. The van der Waals surface area contributed by atoms with E-state index >= 15 is 0 Å². The van der Waals surface area contributed by atoms with Crippen molar-refractivity contribution in [2.75, 3.05) is 14.2 Å². The lowest BCUT2D eigenvalue weighted by Gasteiger charge is -2.13. The smallest absolute Gasteiger partial charge is 0.271 e. The first-order valence-corrected chi connectivity index (χ1v) is 8.94. The van der Waals surface area contributed by atoms with Crippen molar-refractivity contribution < 1.29 is 14.3 Å². The number of carbonyl (C=O) groups is 1. The van der Waals surface area contributed by atoms with Crippen LogP contribution < -0.4 is 14.8 Å². The number of hydrogen-bond donors (Lipinski definition) is 1. The third kappa shape index (κ3) is 3.76. The minimum atomic E-state index is -0.345. The van der Waals surface area contributed by atoms with E-state index in [1.165, 1.54) is 0 Å². The molecule has 0 spiro atoms. The van der Waals surface area contributed by atoms with E-state index < -0.39 is 0 Å². The molecule has 0 aliphatic carbocycles. The van der Waals surface area contributed by atoms with E-state index in [0.717, 1.165) is 15.4 Å². The number of nitrogens with zero attached hydrogens (tertiary/aromatic N) is 1. The second-order valence-electron chi connectivity index (χ2n) is 5.49. The molecule has 26 heavy (non-hydrogen) atoms. The summed E-state index contributed by atoms with van der Waals surface area (Å²) in [6, 6.07) is 12.8. The van der Waals surface area contributed by atoms with Crippen LogP contribution in [0, 0.1) is 0 Å². The minimum Gasteiger partial charge on any atom is -0.493 e. The molecule has 1 heterocycles. The number of fused-ring (bicyclic) bond motifs is 1. The molecule has 0 saturated carbocycles. The van der Waals surface area contributed by atoms with Gasteiger partial charge in [-0.2, -0.15) is 0 Å². The van der Waals surface area contributed by atoms with Gasteiger partial charge in [-0.15, -0.1) is 0 Å². The number of amides is 1. The molecule has 0 aliphatic rings. The van der Waals surface area contributed by atoms with E-state index in [-0.39, 0.29) is 18.1 Å². The molecule has 0 bridgehead atoms. The topological polar surface area (TPSA) is 60.5 Å². The summed E-state index contributed by atoms with van der Waals surface area (Å²) in [5.41, 5.74) is 1.75. The first kappa shape index (κ1) is 18.5. The number of pyridine rings is 1. The van der Waals surface area contributed by atoms with Crippen LogP contribution in [-0.4, -0.2) is 25.1 Å². The van der Waals surface area contributed by atoms with E-state index in [2.05, 4.69) is 26.2 Å². The molecule has 2 aromatic carbocycles. The van der Waals surface area contributed by atoms with Gasteiger partial charge in [-0.1, -0.05) is 45.7 Å². The van der Waals surface area contributed by atoms with Gasteiger partial charge in [-0.3, -0.25) is 4.79 Å². The highest BCUT2D eigenvalue weighted by molar-refractivity contribution is 9.10. The molecule has 0 saturated heterocycles. The third-order valence-electron chi connectivity index (χ3n) is 3.88. The van der Waals surface area contributed by atoms with Crippen molar-refractivity contribution in [3.8, 4) is 11.5 Å². The lowest BCUT2D eigenvalue weighted by molar-refractivity contribution is 0.0946. The zero-order chi connectivity index (χ0) is 18.7. The summed E-state index contributed by atoms with van der Waals surface area (Å²) < 4.78 is 11.4. The van der Waals surface area contributed by atoms with Crippen LogP contribution in [0.2, 0.25) is 5.02 Å². The number of hydrogen-bond acceptors (Lipinski definition) is 4. The van der Waals surface area contributed by atoms with E-state index in [1.807, 2.05) is 24.3 Å². The Morgan fingerprint density at radius 3 is 2.58 bits per heavy atom. The highest BCUT2D eigenvalue weighted by atomic mass is 79.9. The van der Waals surface area contributed by atoms with Gasteiger partial charge in [0, 0.05) is 16.4 Å². The van der Waals surface area contributed by atoms with Crippen molar-refractivity contribution in [1.29, 1.82) is 0 Å². The summed E-state index contributed by atoms with van der Waals surface area (Å²) in [6.45, 7) is 0.282. The Morgan fingerprint density at radius 2 is 1.85 bits per heavy atom. The number of para-hydroxylation sites is 1. The number of benzene rings is 2. The fraction of sp³-hybridized carbons (Fsp3) is 0.158. The fourth-order valence-corrected chi connectivity index (χ4v) is 3.25. The Hall–Kier alpha value is -2.31. The average molecular weight is 436 g/mol. The van der Waals surface area contributed by atoms with Crippen molar-refractivity contribution in [2.45, 2.75) is 6.54 Å². The number of halogens is 2. The molecule has 7 heteroatoms. The largest absolute Gasteiger partial charge is 0.493 e.